The monoisotopic (exact) mass is 363 g/mol. The van der Waals surface area contributed by atoms with E-state index in [0.717, 1.165) is 23.5 Å². The van der Waals surface area contributed by atoms with Gasteiger partial charge in [-0.1, -0.05) is 25.7 Å². The smallest absolute Gasteiger partial charge is 0.225 e. The van der Waals surface area contributed by atoms with Crippen molar-refractivity contribution in [2.24, 2.45) is 5.92 Å². The standard InChI is InChI=1S/C19H29N3O2S/c1-13-14(2)25-17(21-13)11-20-19(24)15-9-10-18(23)22(12-15)16-7-5-3-4-6-8-16/h15-16H,3-12H2,1-2H3,(H,20,24). The third kappa shape index (κ3) is 4.60. The lowest BCUT2D eigenvalue weighted by Gasteiger charge is -2.37. The van der Waals surface area contributed by atoms with E-state index in [1.54, 1.807) is 11.3 Å². The molecule has 0 aromatic carbocycles. The van der Waals surface area contributed by atoms with E-state index in [1.807, 2.05) is 11.8 Å². The minimum absolute atomic E-state index is 0.0663. The Labute approximate surface area is 154 Å². The number of piperidine rings is 1. The fourth-order valence-electron chi connectivity index (χ4n) is 3.93. The van der Waals surface area contributed by atoms with Gasteiger partial charge in [0.1, 0.15) is 5.01 Å². The van der Waals surface area contributed by atoms with E-state index < -0.39 is 0 Å². The maximum absolute atomic E-state index is 12.6. The Balaban J connectivity index is 1.56. The highest BCUT2D eigenvalue weighted by atomic mass is 32.1. The number of thiazole rings is 1. The Morgan fingerprint density at radius 3 is 2.56 bits per heavy atom. The zero-order chi connectivity index (χ0) is 17.8. The fourth-order valence-corrected chi connectivity index (χ4v) is 4.80. The summed E-state index contributed by atoms with van der Waals surface area (Å²) < 4.78 is 0. The van der Waals surface area contributed by atoms with Gasteiger partial charge in [-0.05, 0) is 33.1 Å². The quantitative estimate of drug-likeness (QED) is 0.835. The van der Waals surface area contributed by atoms with Crippen LogP contribution in [0.4, 0.5) is 0 Å². The molecule has 0 radical (unpaired) electrons. The van der Waals surface area contributed by atoms with Crippen LogP contribution in [0.1, 0.15) is 66.9 Å². The maximum Gasteiger partial charge on any atom is 0.225 e. The molecule has 1 aliphatic heterocycles. The predicted octanol–water partition coefficient (Wildman–Crippen LogP) is 3.34. The van der Waals surface area contributed by atoms with Crippen molar-refractivity contribution in [3.8, 4) is 0 Å². The Morgan fingerprint density at radius 2 is 1.92 bits per heavy atom. The molecule has 6 heteroatoms. The van der Waals surface area contributed by atoms with Crippen molar-refractivity contribution < 1.29 is 9.59 Å². The summed E-state index contributed by atoms with van der Waals surface area (Å²) in [5.74, 6) is 0.224. The number of carbonyl (C=O) groups excluding carboxylic acids is 2. The van der Waals surface area contributed by atoms with Crippen molar-refractivity contribution in [1.29, 1.82) is 0 Å². The van der Waals surface area contributed by atoms with Gasteiger partial charge in [-0.15, -0.1) is 11.3 Å². The minimum Gasteiger partial charge on any atom is -0.349 e. The van der Waals surface area contributed by atoms with Crippen LogP contribution in [0.25, 0.3) is 0 Å². The lowest BCUT2D eigenvalue weighted by atomic mass is 9.93. The van der Waals surface area contributed by atoms with Gasteiger partial charge in [0.05, 0.1) is 18.2 Å². The van der Waals surface area contributed by atoms with Gasteiger partial charge in [-0.25, -0.2) is 4.98 Å². The normalized spacial score (nSPS) is 22.7. The zero-order valence-electron chi connectivity index (χ0n) is 15.3. The molecule has 138 valence electrons. The van der Waals surface area contributed by atoms with Gasteiger partial charge in [-0.2, -0.15) is 0 Å². The molecule has 25 heavy (non-hydrogen) atoms. The summed E-state index contributed by atoms with van der Waals surface area (Å²) in [5.41, 5.74) is 1.04. The molecule has 2 amide bonds. The van der Waals surface area contributed by atoms with E-state index >= 15 is 0 Å². The molecule has 1 N–H and O–H groups in total. The van der Waals surface area contributed by atoms with Crippen molar-refractivity contribution in [2.75, 3.05) is 6.54 Å². The number of hydrogen-bond donors (Lipinski definition) is 1. The first kappa shape index (κ1) is 18.4. The highest BCUT2D eigenvalue weighted by Crippen LogP contribution is 2.27. The average molecular weight is 364 g/mol. The number of amides is 2. The second kappa shape index (κ2) is 8.30. The molecule has 1 unspecified atom stereocenters. The summed E-state index contributed by atoms with van der Waals surface area (Å²) in [7, 11) is 0. The van der Waals surface area contributed by atoms with Crippen LogP contribution in [0, 0.1) is 19.8 Å². The Bertz CT molecular complexity index is 601. The Kier molecular flexibility index (Phi) is 6.10. The molecule has 3 rings (SSSR count). The molecular weight excluding hydrogens is 334 g/mol. The lowest BCUT2D eigenvalue weighted by molar-refractivity contribution is -0.141. The first-order chi connectivity index (χ1) is 12.0. The predicted molar refractivity (Wildman–Crippen MR) is 99.4 cm³/mol. The van der Waals surface area contributed by atoms with Crippen LogP contribution >= 0.6 is 11.3 Å². The third-order valence-corrected chi connectivity index (χ3v) is 6.64. The number of hydrogen-bond acceptors (Lipinski definition) is 4. The lowest BCUT2D eigenvalue weighted by Crippen LogP contribution is -2.49. The Morgan fingerprint density at radius 1 is 1.20 bits per heavy atom. The van der Waals surface area contributed by atoms with E-state index in [2.05, 4.69) is 17.2 Å². The van der Waals surface area contributed by atoms with Gasteiger partial charge >= 0.3 is 0 Å². The molecule has 1 saturated carbocycles. The van der Waals surface area contributed by atoms with Gasteiger partial charge in [-0.3, -0.25) is 9.59 Å². The van der Waals surface area contributed by atoms with Gasteiger partial charge < -0.3 is 10.2 Å². The molecule has 2 aliphatic rings. The number of nitrogens with zero attached hydrogens (tertiary/aromatic N) is 2. The number of carbonyl (C=O) groups is 2. The maximum atomic E-state index is 12.6. The van der Waals surface area contributed by atoms with Crippen molar-refractivity contribution in [1.82, 2.24) is 15.2 Å². The number of likely N-dealkylation sites (tertiary alicyclic amines) is 1. The topological polar surface area (TPSA) is 62.3 Å². The largest absolute Gasteiger partial charge is 0.349 e. The van der Waals surface area contributed by atoms with Gasteiger partial charge in [0.2, 0.25) is 11.8 Å². The Hall–Kier alpha value is -1.43. The van der Waals surface area contributed by atoms with Crippen molar-refractivity contribution in [3.05, 3.63) is 15.6 Å². The first-order valence-electron chi connectivity index (χ1n) is 9.54. The van der Waals surface area contributed by atoms with Crippen LogP contribution in [0.3, 0.4) is 0 Å². The molecule has 1 aliphatic carbocycles. The molecule has 5 nitrogen and oxygen atoms in total. The summed E-state index contributed by atoms with van der Waals surface area (Å²) in [4.78, 5) is 32.7. The summed E-state index contributed by atoms with van der Waals surface area (Å²) in [6.07, 6.45) is 8.32. The molecule has 1 atom stereocenters. The molecule has 0 spiro atoms. The molecule has 1 aromatic rings. The van der Waals surface area contributed by atoms with Gasteiger partial charge in [0.25, 0.3) is 0 Å². The number of aryl methyl sites for hydroxylation is 2. The minimum atomic E-state index is -0.0805. The van der Waals surface area contributed by atoms with Crippen LogP contribution in [-0.4, -0.2) is 34.3 Å². The van der Waals surface area contributed by atoms with Crippen LogP contribution in [0.5, 0.6) is 0 Å². The van der Waals surface area contributed by atoms with Crippen LogP contribution in [-0.2, 0) is 16.1 Å². The average Bonchev–Trinajstić information content (AvgIpc) is 2.80. The highest BCUT2D eigenvalue weighted by molar-refractivity contribution is 7.11. The SMILES string of the molecule is Cc1nc(CNC(=O)C2CCC(=O)N(C3CCCCCC3)C2)sc1C. The highest BCUT2D eigenvalue weighted by Gasteiger charge is 2.34. The molecule has 2 fully saturated rings. The summed E-state index contributed by atoms with van der Waals surface area (Å²) >= 11 is 1.64. The number of nitrogens with one attached hydrogen (secondary N) is 1. The van der Waals surface area contributed by atoms with E-state index in [-0.39, 0.29) is 17.7 Å². The number of aromatic nitrogens is 1. The van der Waals surface area contributed by atoms with E-state index in [1.165, 1.54) is 30.6 Å². The van der Waals surface area contributed by atoms with E-state index in [0.29, 0.717) is 32.0 Å². The van der Waals surface area contributed by atoms with Crippen LogP contribution in [0.15, 0.2) is 0 Å². The second-order valence-corrected chi connectivity index (χ2v) is 8.68. The molecule has 1 saturated heterocycles. The summed E-state index contributed by atoms with van der Waals surface area (Å²) in [5, 5.41) is 3.99. The zero-order valence-corrected chi connectivity index (χ0v) is 16.2. The van der Waals surface area contributed by atoms with E-state index in [9.17, 15) is 9.59 Å². The number of rotatable bonds is 4. The fraction of sp³-hybridized carbons (Fsp3) is 0.737. The molecule has 0 bridgehead atoms. The third-order valence-electron chi connectivity index (χ3n) is 5.57. The van der Waals surface area contributed by atoms with Gasteiger partial charge in [0.15, 0.2) is 0 Å². The second-order valence-electron chi connectivity index (χ2n) is 7.39. The van der Waals surface area contributed by atoms with Crippen molar-refractivity contribution in [3.63, 3.8) is 0 Å². The molecule has 1 aromatic heterocycles. The molecular formula is C19H29N3O2S. The molecule has 2 heterocycles. The van der Waals surface area contributed by atoms with Crippen LogP contribution < -0.4 is 5.32 Å². The summed E-state index contributed by atoms with van der Waals surface area (Å²) in [6, 6.07) is 0.342. The van der Waals surface area contributed by atoms with Crippen molar-refractivity contribution >= 4 is 23.2 Å². The first-order valence-corrected chi connectivity index (χ1v) is 10.4. The van der Waals surface area contributed by atoms with Gasteiger partial charge in [0, 0.05) is 23.9 Å². The van der Waals surface area contributed by atoms with Crippen LogP contribution in [0.2, 0.25) is 0 Å². The van der Waals surface area contributed by atoms with E-state index in [4.69, 9.17) is 0 Å². The van der Waals surface area contributed by atoms with Crippen molar-refractivity contribution in [2.45, 2.75) is 77.8 Å². The summed E-state index contributed by atoms with van der Waals surface area (Å²) in [6.45, 7) is 5.13.